The largest absolute Gasteiger partial charge is 0.350 e. The zero-order chi connectivity index (χ0) is 51.3. The summed E-state index contributed by atoms with van der Waals surface area (Å²) in [5.41, 5.74) is -0.896. The molecule has 0 aliphatic rings. The summed E-state index contributed by atoms with van der Waals surface area (Å²) >= 11 is 0. The fourth-order valence-electron chi connectivity index (χ4n) is 7.07. The van der Waals surface area contributed by atoms with Crippen molar-refractivity contribution in [1.82, 2.24) is 21.3 Å². The summed E-state index contributed by atoms with van der Waals surface area (Å²) in [6.07, 6.45) is 1.99. The molecule has 0 radical (unpaired) electrons. The molecule has 0 saturated heterocycles. The SMILES string of the molecule is CC[N+](C)(C)CC[N+](C)(CCNC(=O)CCCCC(=O)NCC[N+](C)(CCNC(=O)CCCCC(=O)NCC[N+](C)(CCC(C)(C)CS(=O)(=O)O)CS(=O)(=O)O)CS(=O)(=O)O)CS(=O)(=O)O. The standard InChI is InChI=1S/C38H78N8O16S4/c1-9-43(4,5)28-29-46(8,33-66(60,61)62)27-22-42-37(50)17-13-12-16-36(49)41-21-26-45(7,32-65(57,58)59)25-20-40-35(48)15-11-10-14-34(47)39-19-24-44(6,31-64(54,55)56)23-18-38(2,3)30-63(51,52)53/h9-33H2,1-8H3,(H4-4,39,40,41,42,47,48,49,50,51,52,53,54,55,56,57,58,59,60,61,62)/p+4. The van der Waals surface area contributed by atoms with Gasteiger partial charge in [-0.15, -0.1) is 0 Å². The average molecular weight is 1040 g/mol. The monoisotopic (exact) mass is 1030 g/mol. The van der Waals surface area contributed by atoms with Crippen LogP contribution >= 0.6 is 0 Å². The van der Waals surface area contributed by atoms with Gasteiger partial charge in [-0.25, -0.2) is 0 Å². The number of amides is 4. The predicted molar refractivity (Wildman–Crippen MR) is 248 cm³/mol. The van der Waals surface area contributed by atoms with Crippen LogP contribution in [0, 0.1) is 5.41 Å². The lowest BCUT2D eigenvalue weighted by Gasteiger charge is -2.37. The molecule has 0 spiro atoms. The van der Waals surface area contributed by atoms with Gasteiger partial charge in [0.1, 0.15) is 13.1 Å². The van der Waals surface area contributed by atoms with Crippen molar-refractivity contribution in [2.45, 2.75) is 78.6 Å². The molecule has 0 aliphatic carbocycles. The van der Waals surface area contributed by atoms with E-state index in [1.807, 2.05) is 21.0 Å². The number of nitrogens with zero attached hydrogens (tertiary/aromatic N) is 4. The Morgan fingerprint density at radius 2 is 0.712 bits per heavy atom. The molecule has 8 N–H and O–H groups in total. The number of likely N-dealkylation sites (N-methyl/N-ethyl adjacent to an activating group) is 4. The first kappa shape index (κ1) is 63.4. The van der Waals surface area contributed by atoms with Gasteiger partial charge in [-0.3, -0.25) is 37.4 Å². The Morgan fingerprint density at radius 1 is 0.439 bits per heavy atom. The molecule has 390 valence electrons. The number of hydrogen-bond acceptors (Lipinski definition) is 12. The van der Waals surface area contributed by atoms with Gasteiger partial charge < -0.3 is 39.2 Å². The third-order valence-electron chi connectivity index (χ3n) is 11.4. The molecule has 28 heteroatoms. The number of hydrogen-bond donors (Lipinski definition) is 8. The number of unbranched alkanes of at least 4 members (excludes halogenated alkanes) is 2. The maximum atomic E-state index is 12.5. The minimum Gasteiger partial charge on any atom is -0.350 e. The minimum absolute atomic E-state index is 0.0239. The van der Waals surface area contributed by atoms with Crippen molar-refractivity contribution in [3.05, 3.63) is 0 Å². The number of quaternary nitrogens is 4. The molecule has 0 bridgehead atoms. The predicted octanol–water partition coefficient (Wildman–Crippen LogP) is -1.15. The molecule has 4 amide bonds. The second kappa shape index (κ2) is 27.5. The molecular formula is C38H82N8O16S4+4. The quantitative estimate of drug-likeness (QED) is 0.0207. The zero-order valence-corrected chi connectivity index (χ0v) is 43.6. The van der Waals surface area contributed by atoms with Gasteiger partial charge >= 0.3 is 30.4 Å². The minimum atomic E-state index is -4.44. The third kappa shape index (κ3) is 34.6. The van der Waals surface area contributed by atoms with E-state index < -0.39 is 69.3 Å². The van der Waals surface area contributed by atoms with Gasteiger partial charge in [0.2, 0.25) is 41.3 Å². The summed E-state index contributed by atoms with van der Waals surface area (Å²) in [6.45, 7) is 8.22. The Balaban J connectivity index is 4.73. The summed E-state index contributed by atoms with van der Waals surface area (Å²) in [4.78, 5) is 49.9. The van der Waals surface area contributed by atoms with Crippen LogP contribution in [-0.2, 0) is 59.7 Å². The molecule has 0 aromatic heterocycles. The summed E-state index contributed by atoms with van der Waals surface area (Å²) in [5.74, 6) is -3.68. The molecule has 0 rings (SSSR count). The van der Waals surface area contributed by atoms with E-state index in [-0.39, 0.29) is 128 Å². The van der Waals surface area contributed by atoms with Gasteiger partial charge in [0.05, 0.1) is 106 Å². The lowest BCUT2D eigenvalue weighted by atomic mass is 9.91. The Labute approximate surface area is 393 Å². The van der Waals surface area contributed by atoms with Crippen molar-refractivity contribution in [2.75, 3.05) is 137 Å². The topological polar surface area (TPSA) is 334 Å². The highest BCUT2D eigenvalue weighted by Crippen LogP contribution is 2.24. The van der Waals surface area contributed by atoms with Crippen LogP contribution in [0.3, 0.4) is 0 Å². The Morgan fingerprint density at radius 3 is 0.970 bits per heavy atom. The second-order valence-electron chi connectivity index (χ2n) is 19.8. The van der Waals surface area contributed by atoms with Crippen molar-refractivity contribution >= 4 is 64.1 Å². The number of carbonyl (C=O) groups is 4. The van der Waals surface area contributed by atoms with E-state index in [9.17, 15) is 71.1 Å². The molecule has 0 heterocycles. The number of carbonyl (C=O) groups excluding carboxylic acids is 4. The fraction of sp³-hybridized carbons (Fsp3) is 0.895. The van der Waals surface area contributed by atoms with E-state index in [2.05, 4.69) is 21.3 Å². The van der Waals surface area contributed by atoms with Crippen LogP contribution in [0.4, 0.5) is 0 Å². The number of rotatable bonds is 37. The average Bonchev–Trinajstić information content (AvgIpc) is 3.10. The van der Waals surface area contributed by atoms with E-state index in [0.29, 0.717) is 43.3 Å². The maximum Gasteiger partial charge on any atom is 0.316 e. The lowest BCUT2D eigenvalue weighted by Crippen LogP contribution is -2.56. The first-order chi connectivity index (χ1) is 29.8. The van der Waals surface area contributed by atoms with Crippen molar-refractivity contribution in [2.24, 2.45) is 5.41 Å². The van der Waals surface area contributed by atoms with Crippen LogP contribution in [0.5, 0.6) is 0 Å². The molecule has 3 atom stereocenters. The highest BCUT2D eigenvalue weighted by atomic mass is 32.2. The Kier molecular flexibility index (Phi) is 26.4. The first-order valence-corrected chi connectivity index (χ1v) is 28.4. The lowest BCUT2D eigenvalue weighted by molar-refractivity contribution is -0.948. The third-order valence-corrected chi connectivity index (χ3v) is 15.4. The van der Waals surface area contributed by atoms with E-state index in [1.54, 1.807) is 27.9 Å². The van der Waals surface area contributed by atoms with Crippen LogP contribution in [0.15, 0.2) is 0 Å². The molecule has 3 unspecified atom stereocenters. The van der Waals surface area contributed by atoms with Gasteiger partial charge in [-0.05, 0) is 38.0 Å². The molecule has 0 aliphatic heterocycles. The molecule has 0 saturated carbocycles. The molecule has 0 fully saturated rings. The van der Waals surface area contributed by atoms with Crippen LogP contribution in [0.2, 0.25) is 0 Å². The van der Waals surface area contributed by atoms with Crippen molar-refractivity contribution in [3.8, 4) is 0 Å². The van der Waals surface area contributed by atoms with Gasteiger partial charge in [0.25, 0.3) is 10.1 Å². The van der Waals surface area contributed by atoms with Crippen molar-refractivity contribution in [1.29, 1.82) is 0 Å². The van der Waals surface area contributed by atoms with E-state index in [1.165, 1.54) is 7.05 Å². The van der Waals surface area contributed by atoms with Crippen LogP contribution < -0.4 is 21.3 Å². The molecule has 0 aromatic rings. The maximum absolute atomic E-state index is 12.5. The summed E-state index contributed by atoms with van der Waals surface area (Å²) < 4.78 is 131. The van der Waals surface area contributed by atoms with E-state index in [4.69, 9.17) is 0 Å². The van der Waals surface area contributed by atoms with Gasteiger partial charge in [-0.2, -0.15) is 33.7 Å². The Hall–Kier alpha value is -2.64. The van der Waals surface area contributed by atoms with Crippen molar-refractivity contribution in [3.63, 3.8) is 0 Å². The molecule has 66 heavy (non-hydrogen) atoms. The summed E-state index contributed by atoms with van der Waals surface area (Å²) in [6, 6.07) is 0. The second-order valence-corrected chi connectivity index (χ2v) is 25.5. The van der Waals surface area contributed by atoms with Crippen LogP contribution in [-0.4, -0.2) is 231 Å². The number of nitrogens with one attached hydrogen (secondary N) is 4. The molecule has 0 aromatic carbocycles. The summed E-state index contributed by atoms with van der Waals surface area (Å²) in [7, 11) is -8.58. The van der Waals surface area contributed by atoms with Gasteiger partial charge in [0.15, 0.2) is 0 Å². The molecular weight excluding hydrogens is 953 g/mol. The van der Waals surface area contributed by atoms with Crippen LogP contribution in [0.1, 0.15) is 78.6 Å². The summed E-state index contributed by atoms with van der Waals surface area (Å²) in [5, 5.41) is 10.9. The highest BCUT2D eigenvalue weighted by Gasteiger charge is 2.34. The molecule has 24 nitrogen and oxygen atoms in total. The van der Waals surface area contributed by atoms with Gasteiger partial charge in [-0.1, -0.05) is 13.8 Å². The van der Waals surface area contributed by atoms with E-state index >= 15 is 0 Å². The fourth-order valence-corrected chi connectivity index (χ4v) is 11.3. The van der Waals surface area contributed by atoms with E-state index in [0.717, 1.165) is 6.54 Å². The van der Waals surface area contributed by atoms with Crippen molar-refractivity contribution < 1.29 is 89.0 Å². The van der Waals surface area contributed by atoms with Crippen LogP contribution in [0.25, 0.3) is 0 Å². The normalized spacial score (nSPS) is 15.8. The smallest absolute Gasteiger partial charge is 0.316 e. The zero-order valence-electron chi connectivity index (χ0n) is 40.3. The van der Waals surface area contributed by atoms with Gasteiger partial charge in [0, 0.05) is 32.1 Å². The first-order valence-electron chi connectivity index (χ1n) is 22.0. The highest BCUT2D eigenvalue weighted by molar-refractivity contribution is 7.86. The Bertz CT molecular complexity index is 2020.